The maximum Gasteiger partial charge on any atom is 0.317 e. The number of benzene rings is 1. The lowest BCUT2D eigenvalue weighted by molar-refractivity contribution is -0.139. The van der Waals surface area contributed by atoms with E-state index in [-0.39, 0.29) is 11.4 Å². The zero-order valence-electron chi connectivity index (χ0n) is 14.9. The van der Waals surface area contributed by atoms with Crippen LogP contribution in [-0.2, 0) is 19.6 Å². The summed E-state index contributed by atoms with van der Waals surface area (Å²) in [5.41, 5.74) is 0.339. The molecule has 0 saturated carbocycles. The maximum absolute atomic E-state index is 12.4. The number of carbonyl (C=O) groups is 2. The van der Waals surface area contributed by atoms with Gasteiger partial charge in [-0.15, -0.1) is 0 Å². The number of aliphatic carboxylic acids is 1. The van der Waals surface area contributed by atoms with Crippen molar-refractivity contribution >= 4 is 27.6 Å². The highest BCUT2D eigenvalue weighted by Crippen LogP contribution is 2.18. The van der Waals surface area contributed by atoms with Crippen LogP contribution in [0.1, 0.15) is 20.3 Å². The Morgan fingerprint density at radius 3 is 2.44 bits per heavy atom. The Kier molecular flexibility index (Phi) is 7.53. The molecule has 0 radical (unpaired) electrons. The first-order valence-electron chi connectivity index (χ1n) is 7.89. The summed E-state index contributed by atoms with van der Waals surface area (Å²) in [6, 6.07) is 5.28. The van der Waals surface area contributed by atoms with Crippen LogP contribution in [-0.4, -0.2) is 67.8 Å². The zero-order chi connectivity index (χ0) is 19.2. The van der Waals surface area contributed by atoms with Gasteiger partial charge in [0.15, 0.2) is 0 Å². The minimum Gasteiger partial charge on any atom is -0.480 e. The number of nitrogens with zero attached hydrogens (tertiary/aromatic N) is 2. The number of carbonyl (C=O) groups excluding carboxylic acids is 1. The summed E-state index contributed by atoms with van der Waals surface area (Å²) in [5.74, 6) is -1.40. The van der Waals surface area contributed by atoms with Gasteiger partial charge in [0.2, 0.25) is 15.9 Å². The van der Waals surface area contributed by atoms with E-state index in [1.165, 1.54) is 32.3 Å². The van der Waals surface area contributed by atoms with Crippen LogP contribution in [0.2, 0.25) is 0 Å². The number of hydrogen-bond donors (Lipinski definition) is 2. The highest BCUT2D eigenvalue weighted by Gasteiger charge is 2.23. The van der Waals surface area contributed by atoms with E-state index >= 15 is 0 Å². The van der Waals surface area contributed by atoms with E-state index in [0.717, 1.165) is 4.31 Å². The normalized spacial score (nSPS) is 13.0. The molecule has 1 atom stereocenters. The van der Waals surface area contributed by atoms with Crippen LogP contribution >= 0.6 is 0 Å². The molecule has 25 heavy (non-hydrogen) atoms. The molecular formula is C16H25N3O5S. The fraction of sp³-hybridized carbons (Fsp3) is 0.500. The summed E-state index contributed by atoms with van der Waals surface area (Å²) >= 11 is 0. The minimum absolute atomic E-state index is 0.0684. The fourth-order valence-electron chi connectivity index (χ4n) is 2.23. The van der Waals surface area contributed by atoms with Crippen LogP contribution in [0.25, 0.3) is 0 Å². The second kappa shape index (κ2) is 8.93. The molecule has 0 heterocycles. The molecule has 0 aliphatic rings. The summed E-state index contributed by atoms with van der Waals surface area (Å²) in [6.45, 7) is 3.75. The molecule has 0 bridgehead atoms. The molecule has 0 fully saturated rings. The molecule has 140 valence electrons. The number of nitrogens with one attached hydrogen (secondary N) is 1. The van der Waals surface area contributed by atoms with Gasteiger partial charge in [0, 0.05) is 19.8 Å². The molecule has 9 heteroatoms. The first-order valence-corrected chi connectivity index (χ1v) is 9.33. The third-order valence-electron chi connectivity index (χ3n) is 3.66. The van der Waals surface area contributed by atoms with E-state index in [2.05, 4.69) is 5.32 Å². The first-order chi connectivity index (χ1) is 11.6. The first kappa shape index (κ1) is 21.1. The summed E-state index contributed by atoms with van der Waals surface area (Å²) in [7, 11) is -0.747. The average molecular weight is 371 g/mol. The van der Waals surface area contributed by atoms with Crippen molar-refractivity contribution < 1.29 is 23.1 Å². The predicted octanol–water partition coefficient (Wildman–Crippen LogP) is 1.06. The third-order valence-corrected chi connectivity index (χ3v) is 5.47. The average Bonchev–Trinajstić information content (AvgIpc) is 2.53. The molecule has 0 spiro atoms. The van der Waals surface area contributed by atoms with Gasteiger partial charge in [0.25, 0.3) is 0 Å². The van der Waals surface area contributed by atoms with E-state index in [1.807, 2.05) is 6.92 Å². The highest BCUT2D eigenvalue weighted by atomic mass is 32.2. The zero-order valence-corrected chi connectivity index (χ0v) is 15.7. The van der Waals surface area contributed by atoms with Crippen molar-refractivity contribution in [1.82, 2.24) is 9.21 Å². The van der Waals surface area contributed by atoms with Crippen LogP contribution in [0.3, 0.4) is 0 Å². The Balaban J connectivity index is 2.94. The molecule has 1 aromatic rings. The number of rotatable bonds is 9. The second-order valence-corrected chi connectivity index (χ2v) is 8.00. The second-order valence-electron chi connectivity index (χ2n) is 5.84. The molecule has 8 nitrogen and oxygen atoms in total. The van der Waals surface area contributed by atoms with E-state index < -0.39 is 27.9 Å². The Labute approximate surface area is 148 Å². The predicted molar refractivity (Wildman–Crippen MR) is 94.9 cm³/mol. The molecule has 2 N–H and O–H groups in total. The molecule has 0 aliphatic carbocycles. The van der Waals surface area contributed by atoms with Gasteiger partial charge < -0.3 is 10.4 Å². The molecule has 0 aliphatic heterocycles. The minimum atomic E-state index is -3.60. The van der Waals surface area contributed by atoms with Crippen LogP contribution in [0.5, 0.6) is 0 Å². The lowest BCUT2D eigenvalue weighted by Crippen LogP contribution is -2.44. The van der Waals surface area contributed by atoms with Crippen molar-refractivity contribution in [2.24, 2.45) is 0 Å². The monoisotopic (exact) mass is 371 g/mol. The van der Waals surface area contributed by atoms with Gasteiger partial charge in [-0.3, -0.25) is 14.5 Å². The Morgan fingerprint density at radius 2 is 1.92 bits per heavy atom. The van der Waals surface area contributed by atoms with E-state index in [0.29, 0.717) is 18.7 Å². The quantitative estimate of drug-likeness (QED) is 0.672. The summed E-state index contributed by atoms with van der Waals surface area (Å²) < 4.78 is 25.4. The number of carboxylic acids is 1. The van der Waals surface area contributed by atoms with Crippen molar-refractivity contribution in [2.45, 2.75) is 31.2 Å². The molecule has 0 saturated heterocycles. The summed E-state index contributed by atoms with van der Waals surface area (Å²) in [6.07, 6.45) is 0.710. The van der Waals surface area contributed by atoms with E-state index in [4.69, 9.17) is 5.11 Å². The molecule has 1 amide bonds. The third kappa shape index (κ3) is 5.80. The van der Waals surface area contributed by atoms with Crippen molar-refractivity contribution in [3.63, 3.8) is 0 Å². The van der Waals surface area contributed by atoms with Crippen molar-refractivity contribution in [2.75, 3.05) is 32.5 Å². The topological polar surface area (TPSA) is 107 Å². The number of amides is 1. The largest absolute Gasteiger partial charge is 0.480 e. The van der Waals surface area contributed by atoms with Crippen molar-refractivity contribution in [3.05, 3.63) is 24.3 Å². The molecule has 1 unspecified atom stereocenters. The van der Waals surface area contributed by atoms with Gasteiger partial charge in [0.1, 0.15) is 0 Å². The summed E-state index contributed by atoms with van der Waals surface area (Å²) in [4.78, 5) is 25.0. The lowest BCUT2D eigenvalue weighted by Gasteiger charge is -2.26. The van der Waals surface area contributed by atoms with E-state index in [1.54, 1.807) is 17.9 Å². The van der Waals surface area contributed by atoms with Crippen LogP contribution in [0, 0.1) is 0 Å². The van der Waals surface area contributed by atoms with Gasteiger partial charge in [-0.2, -0.15) is 0 Å². The lowest BCUT2D eigenvalue weighted by atomic mass is 10.2. The van der Waals surface area contributed by atoms with Gasteiger partial charge in [-0.1, -0.05) is 13.0 Å². The van der Waals surface area contributed by atoms with Gasteiger partial charge >= 0.3 is 5.97 Å². The molecule has 1 aromatic carbocycles. The van der Waals surface area contributed by atoms with Crippen molar-refractivity contribution in [1.29, 1.82) is 0 Å². The SMILES string of the molecule is CCCN(CC(=O)O)C(C)C(=O)Nc1cccc(S(=O)(=O)N(C)C)c1. The Hall–Kier alpha value is -1.97. The Morgan fingerprint density at radius 1 is 1.28 bits per heavy atom. The number of sulfonamides is 1. The van der Waals surface area contributed by atoms with Gasteiger partial charge in [-0.05, 0) is 38.1 Å². The standard InChI is InChI=1S/C16H25N3O5S/c1-5-9-19(11-15(20)21)12(2)16(22)17-13-7-6-8-14(10-13)25(23,24)18(3)4/h6-8,10,12H,5,9,11H2,1-4H3,(H,17,22)(H,20,21). The van der Waals surface area contributed by atoms with Crippen LogP contribution < -0.4 is 5.32 Å². The Bertz CT molecular complexity index is 718. The maximum atomic E-state index is 12.4. The van der Waals surface area contributed by atoms with E-state index in [9.17, 15) is 18.0 Å². The smallest absolute Gasteiger partial charge is 0.317 e. The molecule has 0 aromatic heterocycles. The van der Waals surface area contributed by atoms with Gasteiger partial charge in [0.05, 0.1) is 17.5 Å². The number of hydrogen-bond acceptors (Lipinski definition) is 5. The van der Waals surface area contributed by atoms with Crippen molar-refractivity contribution in [3.8, 4) is 0 Å². The molecular weight excluding hydrogens is 346 g/mol. The van der Waals surface area contributed by atoms with Crippen LogP contribution in [0.4, 0.5) is 5.69 Å². The fourth-order valence-corrected chi connectivity index (χ4v) is 3.18. The van der Waals surface area contributed by atoms with Gasteiger partial charge in [-0.25, -0.2) is 12.7 Å². The van der Waals surface area contributed by atoms with Crippen LogP contribution in [0.15, 0.2) is 29.2 Å². The number of anilines is 1. The number of carboxylic acid groups (broad SMARTS) is 1. The highest BCUT2D eigenvalue weighted by molar-refractivity contribution is 7.89. The summed E-state index contributed by atoms with van der Waals surface area (Å²) in [5, 5.41) is 11.6. The molecule has 1 rings (SSSR count).